The Kier molecular flexibility index (Phi) is 10.00. The second-order valence-corrected chi connectivity index (χ2v) is 9.97. The zero-order valence-electron chi connectivity index (χ0n) is 20.3. The highest BCUT2D eigenvalue weighted by Gasteiger charge is 2.30. The summed E-state index contributed by atoms with van der Waals surface area (Å²) < 4.78 is 58.0. The number of sulfonamides is 1. The minimum absolute atomic E-state index is 0.00617. The molecule has 1 N–H and O–H groups in total. The lowest BCUT2D eigenvalue weighted by Gasteiger charge is -2.31. The van der Waals surface area contributed by atoms with Crippen LogP contribution in [0.4, 0.5) is 14.5 Å². The standard InChI is InChI=1S/C24H31F2N3O5S/c1-5-6-12-27-24(31)17(2)28(15-18-8-7-9-20(13-18)34-3)23(30)16-29(35(4,32)33)19-10-11-21(25)22(26)14-19/h7-11,13-14,17H,5-6,12,15-16H2,1-4H3,(H,27,31)/t17-/m0/s1. The first-order chi connectivity index (χ1) is 16.5. The number of anilines is 1. The van der Waals surface area contributed by atoms with Crippen LogP contribution in [0.1, 0.15) is 32.3 Å². The number of hydrogen-bond donors (Lipinski definition) is 1. The van der Waals surface area contributed by atoms with Crippen LogP contribution in [0.2, 0.25) is 0 Å². The molecule has 0 aliphatic heterocycles. The first kappa shape index (κ1) is 28.0. The molecule has 192 valence electrons. The summed E-state index contributed by atoms with van der Waals surface area (Å²) in [4.78, 5) is 27.4. The molecule has 1 atom stereocenters. The molecule has 0 aliphatic carbocycles. The maximum atomic E-state index is 13.8. The molecule has 2 aromatic carbocycles. The molecule has 0 aromatic heterocycles. The highest BCUT2D eigenvalue weighted by atomic mass is 32.2. The number of rotatable bonds is 12. The van der Waals surface area contributed by atoms with Crippen molar-refractivity contribution in [2.45, 2.75) is 39.3 Å². The Morgan fingerprint density at radius 2 is 1.83 bits per heavy atom. The van der Waals surface area contributed by atoms with Gasteiger partial charge in [-0.05, 0) is 43.2 Å². The summed E-state index contributed by atoms with van der Waals surface area (Å²) in [7, 11) is -2.55. The lowest BCUT2D eigenvalue weighted by atomic mass is 10.1. The van der Waals surface area contributed by atoms with Crippen LogP contribution in [0.25, 0.3) is 0 Å². The summed E-state index contributed by atoms with van der Waals surface area (Å²) in [5.74, 6) is -2.94. The Morgan fingerprint density at radius 1 is 1.11 bits per heavy atom. The summed E-state index contributed by atoms with van der Waals surface area (Å²) in [6, 6.07) is 8.52. The van der Waals surface area contributed by atoms with Crippen molar-refractivity contribution in [3.63, 3.8) is 0 Å². The van der Waals surface area contributed by atoms with Gasteiger partial charge in [-0.1, -0.05) is 25.5 Å². The number of nitrogens with zero attached hydrogens (tertiary/aromatic N) is 2. The number of nitrogens with one attached hydrogen (secondary N) is 1. The van der Waals surface area contributed by atoms with Crippen molar-refractivity contribution in [3.8, 4) is 5.75 Å². The second kappa shape index (κ2) is 12.5. The van der Waals surface area contributed by atoms with Crippen LogP contribution in [0.15, 0.2) is 42.5 Å². The number of methoxy groups -OCH3 is 1. The highest BCUT2D eigenvalue weighted by Crippen LogP contribution is 2.22. The van der Waals surface area contributed by atoms with E-state index in [2.05, 4.69) is 5.32 Å². The number of hydrogen-bond acceptors (Lipinski definition) is 5. The second-order valence-electron chi connectivity index (χ2n) is 8.06. The molecule has 0 heterocycles. The highest BCUT2D eigenvalue weighted by molar-refractivity contribution is 7.92. The SMILES string of the molecule is CCCCNC(=O)[C@H](C)N(Cc1cccc(OC)c1)C(=O)CN(c1ccc(F)c(F)c1)S(C)(=O)=O. The fourth-order valence-corrected chi connectivity index (χ4v) is 4.18. The molecule has 0 saturated heterocycles. The lowest BCUT2D eigenvalue weighted by molar-refractivity contribution is -0.139. The number of carbonyl (C=O) groups is 2. The molecule has 8 nitrogen and oxygen atoms in total. The van der Waals surface area contributed by atoms with Gasteiger partial charge in [-0.2, -0.15) is 0 Å². The van der Waals surface area contributed by atoms with E-state index in [4.69, 9.17) is 4.74 Å². The molecule has 0 aliphatic rings. The van der Waals surface area contributed by atoms with Crippen LogP contribution in [0, 0.1) is 11.6 Å². The smallest absolute Gasteiger partial charge is 0.244 e. The number of carbonyl (C=O) groups excluding carboxylic acids is 2. The lowest BCUT2D eigenvalue weighted by Crippen LogP contribution is -2.51. The van der Waals surface area contributed by atoms with Gasteiger partial charge in [0.05, 0.1) is 19.1 Å². The average molecular weight is 512 g/mol. The Bertz CT molecular complexity index is 1140. The van der Waals surface area contributed by atoms with E-state index in [0.29, 0.717) is 28.2 Å². The Labute approximate surface area is 204 Å². The van der Waals surface area contributed by atoms with Gasteiger partial charge in [-0.25, -0.2) is 17.2 Å². The van der Waals surface area contributed by atoms with Gasteiger partial charge in [-0.3, -0.25) is 13.9 Å². The molecule has 2 rings (SSSR count). The molecule has 0 spiro atoms. The van der Waals surface area contributed by atoms with Crippen LogP contribution in [-0.4, -0.2) is 57.6 Å². The molecule has 11 heteroatoms. The topological polar surface area (TPSA) is 96.0 Å². The maximum Gasteiger partial charge on any atom is 0.244 e. The molecular formula is C24H31F2N3O5S. The summed E-state index contributed by atoms with van der Waals surface area (Å²) in [6.45, 7) is 3.24. The minimum atomic E-state index is -4.05. The predicted octanol–water partition coefficient (Wildman–Crippen LogP) is 3.07. The van der Waals surface area contributed by atoms with Gasteiger partial charge in [0, 0.05) is 19.2 Å². The number of amides is 2. The van der Waals surface area contributed by atoms with Gasteiger partial charge < -0.3 is 15.0 Å². The zero-order valence-corrected chi connectivity index (χ0v) is 21.1. The first-order valence-electron chi connectivity index (χ1n) is 11.1. The van der Waals surface area contributed by atoms with Gasteiger partial charge in [0.25, 0.3) is 0 Å². The van der Waals surface area contributed by atoms with Gasteiger partial charge in [0.15, 0.2) is 11.6 Å². The van der Waals surface area contributed by atoms with E-state index in [1.807, 2.05) is 6.92 Å². The minimum Gasteiger partial charge on any atom is -0.497 e. The molecule has 0 fully saturated rings. The molecule has 35 heavy (non-hydrogen) atoms. The Hall–Kier alpha value is -3.21. The van der Waals surface area contributed by atoms with E-state index in [0.717, 1.165) is 31.2 Å². The third-order valence-corrected chi connectivity index (χ3v) is 6.49. The van der Waals surface area contributed by atoms with Crippen LogP contribution in [0.3, 0.4) is 0 Å². The van der Waals surface area contributed by atoms with Crippen molar-refractivity contribution in [1.82, 2.24) is 10.2 Å². The van der Waals surface area contributed by atoms with Gasteiger partial charge in [-0.15, -0.1) is 0 Å². The molecule has 2 amide bonds. The summed E-state index contributed by atoms with van der Waals surface area (Å²) in [5.41, 5.74) is 0.450. The zero-order chi connectivity index (χ0) is 26.2. The maximum absolute atomic E-state index is 13.8. The van der Waals surface area contributed by atoms with Crippen molar-refractivity contribution in [2.75, 3.05) is 30.8 Å². The van der Waals surface area contributed by atoms with Crippen molar-refractivity contribution in [1.29, 1.82) is 0 Å². The number of unbranched alkanes of at least 4 members (excludes halogenated alkanes) is 1. The van der Waals surface area contributed by atoms with E-state index in [1.165, 1.54) is 12.0 Å². The number of ether oxygens (including phenoxy) is 1. The summed E-state index contributed by atoms with van der Waals surface area (Å²) in [6.07, 6.45) is 2.49. The first-order valence-corrected chi connectivity index (χ1v) is 13.0. The molecule has 0 saturated carbocycles. The normalized spacial score (nSPS) is 12.1. The molecular weight excluding hydrogens is 480 g/mol. The third-order valence-electron chi connectivity index (χ3n) is 5.35. The van der Waals surface area contributed by atoms with E-state index in [-0.39, 0.29) is 12.2 Å². The van der Waals surface area contributed by atoms with E-state index in [1.54, 1.807) is 31.2 Å². The molecule has 0 unspecified atom stereocenters. The van der Waals surface area contributed by atoms with Crippen LogP contribution in [0.5, 0.6) is 5.75 Å². The summed E-state index contributed by atoms with van der Waals surface area (Å²) in [5, 5.41) is 2.78. The molecule has 0 bridgehead atoms. The Morgan fingerprint density at radius 3 is 2.43 bits per heavy atom. The van der Waals surface area contributed by atoms with Crippen LogP contribution < -0.4 is 14.4 Å². The predicted molar refractivity (Wildman–Crippen MR) is 129 cm³/mol. The van der Waals surface area contributed by atoms with Crippen molar-refractivity contribution >= 4 is 27.5 Å². The quantitative estimate of drug-likeness (QED) is 0.442. The molecule has 2 aromatic rings. The number of halogens is 2. The van der Waals surface area contributed by atoms with Gasteiger partial charge in [0.2, 0.25) is 21.8 Å². The van der Waals surface area contributed by atoms with Crippen molar-refractivity contribution in [2.24, 2.45) is 0 Å². The van der Waals surface area contributed by atoms with Gasteiger partial charge in [0.1, 0.15) is 18.3 Å². The van der Waals surface area contributed by atoms with Crippen molar-refractivity contribution in [3.05, 3.63) is 59.7 Å². The van der Waals surface area contributed by atoms with Gasteiger partial charge >= 0.3 is 0 Å². The number of benzene rings is 2. The fraction of sp³-hybridized carbons (Fsp3) is 0.417. The van der Waals surface area contributed by atoms with Crippen LogP contribution in [-0.2, 0) is 26.2 Å². The van der Waals surface area contributed by atoms with E-state index >= 15 is 0 Å². The Balaban J connectivity index is 2.38. The third kappa shape index (κ3) is 7.91. The van der Waals surface area contributed by atoms with E-state index < -0.39 is 46.1 Å². The largest absolute Gasteiger partial charge is 0.497 e. The molecule has 0 radical (unpaired) electrons. The average Bonchev–Trinajstić information content (AvgIpc) is 2.81. The monoisotopic (exact) mass is 511 g/mol. The van der Waals surface area contributed by atoms with Crippen LogP contribution >= 0.6 is 0 Å². The van der Waals surface area contributed by atoms with E-state index in [9.17, 15) is 26.8 Å². The fourth-order valence-electron chi connectivity index (χ4n) is 3.34. The summed E-state index contributed by atoms with van der Waals surface area (Å²) >= 11 is 0. The van der Waals surface area contributed by atoms with Crippen molar-refractivity contribution < 1.29 is 31.5 Å².